The average Bonchev–Trinajstić information content (AvgIpc) is 3.83. The van der Waals surface area contributed by atoms with Crippen LogP contribution in [0.15, 0.2) is 59.1 Å². The molecule has 6 rings (SSSR count). The Labute approximate surface area is 314 Å². The number of esters is 1. The van der Waals surface area contributed by atoms with E-state index in [1.54, 1.807) is 11.8 Å². The number of nitrogens with one attached hydrogen (secondary N) is 1. The van der Waals surface area contributed by atoms with Gasteiger partial charge in [-0.1, -0.05) is 6.92 Å². The standard InChI is InChI=1S/C36H42N6O11S/c1-20-30-29(21(2)43)34(45)40(30)31(35(46)52-18-22-4-8-25(9-5-22)41(48)49)32(20)54-27-14-28(38(3)17-27)33(44)39-13-12-24(16-39)15-37-36(47)53-19-23-6-10-26(11-7-23)42(50)51/h4-11,20-21,24,27-30,43H,12-19H2,1-3H3,(H,37,47)/t20-,21-,24-,27+,28+,29-,30-/m1/s1. The molecule has 288 valence electrons. The Morgan fingerprint density at radius 1 is 0.981 bits per heavy atom. The van der Waals surface area contributed by atoms with Gasteiger partial charge in [0.15, 0.2) is 0 Å². The Morgan fingerprint density at radius 2 is 1.57 bits per heavy atom. The number of aliphatic hydroxyl groups is 1. The van der Waals surface area contributed by atoms with Crippen molar-refractivity contribution >= 4 is 47.0 Å². The van der Waals surface area contributed by atoms with Gasteiger partial charge in [0.05, 0.1) is 34.0 Å². The number of benzene rings is 2. The number of alkyl carbamates (subject to hydrolysis) is 1. The van der Waals surface area contributed by atoms with Crippen molar-refractivity contribution in [1.29, 1.82) is 0 Å². The highest BCUT2D eigenvalue weighted by Crippen LogP contribution is 2.52. The molecule has 18 heteroatoms. The lowest BCUT2D eigenvalue weighted by Gasteiger charge is -2.46. The molecular formula is C36H42N6O11S. The number of β-lactam (4-membered cyclic amide) rings is 1. The van der Waals surface area contributed by atoms with Crippen LogP contribution in [-0.2, 0) is 37.1 Å². The Hall–Kier alpha value is -5.07. The fourth-order valence-corrected chi connectivity index (χ4v) is 9.25. The van der Waals surface area contributed by atoms with E-state index in [0.29, 0.717) is 55.1 Å². The molecule has 0 aromatic heterocycles. The van der Waals surface area contributed by atoms with Gasteiger partial charge in [0.25, 0.3) is 11.4 Å². The van der Waals surface area contributed by atoms with Crippen LogP contribution < -0.4 is 5.32 Å². The SMILES string of the molecule is C[C@@H](O)[C@H]1C(=O)N2C(C(=O)OCc3ccc([N+](=O)[O-])cc3)=C(S[C@H]3C[C@@H](C(=O)N4CC[C@H](CNC(=O)OCc5ccc([N+](=O)[O-])cc5)C4)N(C)C3)[C@H](C)[C@H]12. The number of non-ortho nitro benzene ring substituents is 2. The molecule has 17 nitrogen and oxygen atoms in total. The monoisotopic (exact) mass is 766 g/mol. The summed E-state index contributed by atoms with van der Waals surface area (Å²) in [7, 11) is 1.88. The fraction of sp³-hybridized carbons (Fsp3) is 0.500. The van der Waals surface area contributed by atoms with Gasteiger partial charge in [0.1, 0.15) is 18.9 Å². The van der Waals surface area contributed by atoms with Gasteiger partial charge in [0.2, 0.25) is 11.8 Å². The summed E-state index contributed by atoms with van der Waals surface area (Å²) in [5, 5.41) is 34.9. The molecule has 3 saturated heterocycles. The van der Waals surface area contributed by atoms with Crippen molar-refractivity contribution in [2.45, 2.75) is 63.3 Å². The summed E-state index contributed by atoms with van der Waals surface area (Å²) in [4.78, 5) is 79.6. The summed E-state index contributed by atoms with van der Waals surface area (Å²) in [6.45, 7) is 5.17. The first-order valence-corrected chi connectivity index (χ1v) is 18.6. The minimum absolute atomic E-state index is 0.0202. The molecule has 0 bridgehead atoms. The van der Waals surface area contributed by atoms with Gasteiger partial charge in [-0.2, -0.15) is 0 Å². The summed E-state index contributed by atoms with van der Waals surface area (Å²) in [6.07, 6.45) is -0.317. The number of likely N-dealkylation sites (tertiary alicyclic amines) is 2. The minimum atomic E-state index is -0.907. The number of nitro groups is 2. The molecule has 3 fully saturated rings. The molecule has 4 aliphatic heterocycles. The lowest BCUT2D eigenvalue weighted by Crippen LogP contribution is -2.63. The summed E-state index contributed by atoms with van der Waals surface area (Å²) in [5.41, 5.74) is 1.15. The Kier molecular flexibility index (Phi) is 11.5. The van der Waals surface area contributed by atoms with E-state index < -0.39 is 46.0 Å². The van der Waals surface area contributed by atoms with Gasteiger partial charge in [0, 0.05) is 66.5 Å². The average molecular weight is 767 g/mol. The van der Waals surface area contributed by atoms with E-state index in [4.69, 9.17) is 9.47 Å². The number of carbonyl (C=O) groups is 4. The van der Waals surface area contributed by atoms with Crippen LogP contribution >= 0.6 is 11.8 Å². The molecule has 0 aliphatic carbocycles. The Morgan fingerprint density at radius 3 is 2.15 bits per heavy atom. The van der Waals surface area contributed by atoms with Gasteiger partial charge in [-0.3, -0.25) is 34.7 Å². The number of ether oxygens (including phenoxy) is 2. The lowest BCUT2D eigenvalue weighted by molar-refractivity contribution is -0.385. The maximum atomic E-state index is 13.8. The van der Waals surface area contributed by atoms with Crippen LogP contribution in [0, 0.1) is 38.0 Å². The highest BCUT2D eigenvalue weighted by Gasteiger charge is 2.60. The quantitative estimate of drug-likeness (QED) is 0.130. The first kappa shape index (κ1) is 38.6. The molecular weight excluding hydrogens is 724 g/mol. The van der Waals surface area contributed by atoms with E-state index in [1.807, 2.05) is 18.9 Å². The van der Waals surface area contributed by atoms with E-state index >= 15 is 0 Å². The van der Waals surface area contributed by atoms with E-state index in [9.17, 15) is 44.5 Å². The topological polar surface area (TPSA) is 215 Å². The van der Waals surface area contributed by atoms with Crippen LogP contribution in [0.2, 0.25) is 0 Å². The number of thioether (sulfide) groups is 1. The molecule has 7 atom stereocenters. The van der Waals surface area contributed by atoms with Crippen LogP contribution in [0.3, 0.4) is 0 Å². The van der Waals surface area contributed by atoms with E-state index in [-0.39, 0.29) is 59.2 Å². The van der Waals surface area contributed by atoms with Crippen molar-refractivity contribution in [3.63, 3.8) is 0 Å². The van der Waals surface area contributed by atoms with Crippen molar-refractivity contribution < 1.29 is 43.6 Å². The van der Waals surface area contributed by atoms with Crippen LogP contribution in [0.4, 0.5) is 16.2 Å². The summed E-state index contributed by atoms with van der Waals surface area (Å²) in [6, 6.07) is 10.6. The predicted octanol–water partition coefficient (Wildman–Crippen LogP) is 3.20. The number of nitro benzene ring substituents is 2. The van der Waals surface area contributed by atoms with E-state index in [2.05, 4.69) is 5.32 Å². The minimum Gasteiger partial charge on any atom is -0.456 e. The molecule has 2 N–H and O–H groups in total. The van der Waals surface area contributed by atoms with Crippen LogP contribution in [0.1, 0.15) is 37.8 Å². The first-order chi connectivity index (χ1) is 25.7. The second-order valence-corrected chi connectivity index (χ2v) is 15.6. The van der Waals surface area contributed by atoms with Crippen LogP contribution in [-0.4, -0.2) is 110 Å². The number of hydrogen-bond acceptors (Lipinski definition) is 13. The number of fused-ring (bicyclic) bond motifs is 1. The van der Waals surface area contributed by atoms with Gasteiger partial charge in [-0.05, 0) is 68.1 Å². The molecule has 54 heavy (non-hydrogen) atoms. The maximum Gasteiger partial charge on any atom is 0.407 e. The molecule has 0 unspecified atom stereocenters. The molecule has 4 aliphatic rings. The second kappa shape index (κ2) is 16.1. The van der Waals surface area contributed by atoms with Gasteiger partial charge < -0.3 is 29.7 Å². The highest BCUT2D eigenvalue weighted by atomic mass is 32.2. The van der Waals surface area contributed by atoms with Crippen molar-refractivity contribution in [2.75, 3.05) is 33.2 Å². The van der Waals surface area contributed by atoms with Crippen LogP contribution in [0.5, 0.6) is 0 Å². The number of likely N-dealkylation sites (N-methyl/N-ethyl adjacent to an activating group) is 1. The molecule has 3 amide bonds. The predicted molar refractivity (Wildman–Crippen MR) is 193 cm³/mol. The number of hydrogen-bond donors (Lipinski definition) is 2. The van der Waals surface area contributed by atoms with Gasteiger partial charge >= 0.3 is 12.1 Å². The molecule has 0 saturated carbocycles. The van der Waals surface area contributed by atoms with E-state index in [1.165, 1.54) is 65.2 Å². The molecule has 2 aromatic carbocycles. The summed E-state index contributed by atoms with van der Waals surface area (Å²) < 4.78 is 10.9. The Balaban J connectivity index is 1.04. The third kappa shape index (κ3) is 8.05. The van der Waals surface area contributed by atoms with Gasteiger partial charge in [-0.15, -0.1) is 11.8 Å². The third-order valence-electron chi connectivity index (χ3n) is 10.6. The zero-order valence-corrected chi connectivity index (χ0v) is 30.8. The number of aliphatic hydroxyl groups excluding tert-OH is 1. The fourth-order valence-electron chi connectivity index (χ4n) is 7.66. The van der Waals surface area contributed by atoms with Crippen LogP contribution in [0.25, 0.3) is 0 Å². The summed E-state index contributed by atoms with van der Waals surface area (Å²) in [5.74, 6) is -1.97. The molecule has 4 heterocycles. The molecule has 2 aromatic rings. The Bertz CT molecular complexity index is 1840. The molecule has 0 spiro atoms. The maximum absolute atomic E-state index is 13.8. The third-order valence-corrected chi connectivity index (χ3v) is 12.1. The highest BCUT2D eigenvalue weighted by molar-refractivity contribution is 8.03. The zero-order chi connectivity index (χ0) is 38.8. The zero-order valence-electron chi connectivity index (χ0n) is 30.0. The van der Waals surface area contributed by atoms with Crippen molar-refractivity contribution in [2.24, 2.45) is 17.8 Å². The largest absolute Gasteiger partial charge is 0.456 e. The second-order valence-electron chi connectivity index (χ2n) is 14.2. The van der Waals surface area contributed by atoms with Crippen molar-refractivity contribution in [3.05, 3.63) is 90.5 Å². The lowest BCUT2D eigenvalue weighted by atomic mass is 9.79. The number of carbonyl (C=O) groups excluding carboxylic acids is 4. The summed E-state index contributed by atoms with van der Waals surface area (Å²) >= 11 is 1.46. The van der Waals surface area contributed by atoms with Gasteiger partial charge in [-0.25, -0.2) is 9.59 Å². The normalized spacial score (nSPS) is 25.6. The smallest absolute Gasteiger partial charge is 0.407 e. The number of rotatable bonds is 13. The number of nitrogens with zero attached hydrogens (tertiary/aromatic N) is 5. The van der Waals surface area contributed by atoms with E-state index in [0.717, 1.165) is 0 Å². The van der Waals surface area contributed by atoms with Crippen molar-refractivity contribution in [3.8, 4) is 0 Å². The number of amides is 3. The first-order valence-electron chi connectivity index (χ1n) is 17.7. The molecule has 0 radical (unpaired) electrons. The van der Waals surface area contributed by atoms with Crippen molar-refractivity contribution in [1.82, 2.24) is 20.0 Å².